The molecule has 1 aromatic carbocycles. The fraction of sp³-hybridized carbons (Fsp3) is 0.375. The van der Waals surface area contributed by atoms with E-state index in [1.165, 1.54) is 0 Å². The number of carbonyl (C=O) groups excluding carboxylic acids is 1. The minimum absolute atomic E-state index is 0.187. The van der Waals surface area contributed by atoms with Crippen LogP contribution in [0.25, 0.3) is 11.3 Å². The lowest BCUT2D eigenvalue weighted by molar-refractivity contribution is -0.119. The molecule has 1 aromatic heterocycles. The largest absolute Gasteiger partial charge is 0.449 e. The molecule has 0 saturated heterocycles. The van der Waals surface area contributed by atoms with Crippen LogP contribution in [0.1, 0.15) is 26.7 Å². The van der Waals surface area contributed by atoms with Crippen LogP contribution in [0.2, 0.25) is 0 Å². The average Bonchev–Trinajstić information content (AvgIpc) is 2.84. The van der Waals surface area contributed by atoms with Gasteiger partial charge in [-0.05, 0) is 17.5 Å². The van der Waals surface area contributed by atoms with Crippen molar-refractivity contribution in [1.82, 2.24) is 4.98 Å². The Hall–Kier alpha value is -2.14. The molecule has 0 saturated carbocycles. The number of anilines is 1. The molecule has 0 fully saturated rings. The molecule has 1 amide bonds. The van der Waals surface area contributed by atoms with E-state index in [4.69, 9.17) is 10.2 Å². The number of oxazole rings is 1. The van der Waals surface area contributed by atoms with E-state index in [1.54, 1.807) is 13.2 Å². The van der Waals surface area contributed by atoms with Gasteiger partial charge in [0.1, 0.15) is 12.0 Å². The summed E-state index contributed by atoms with van der Waals surface area (Å²) in [7, 11) is 0. The summed E-state index contributed by atoms with van der Waals surface area (Å²) in [6.45, 7) is 7.61. The normalized spacial score (nSPS) is 13.0. The molecule has 3 N–H and O–H groups in total. The van der Waals surface area contributed by atoms with Gasteiger partial charge in [-0.2, -0.15) is 0 Å². The van der Waals surface area contributed by atoms with Crippen molar-refractivity contribution < 1.29 is 9.21 Å². The molecule has 2 rings (SSSR count). The molecular weight excluding hydrogens is 266 g/mol. The lowest BCUT2D eigenvalue weighted by Crippen LogP contribution is -2.45. The summed E-state index contributed by atoms with van der Waals surface area (Å²) in [6.07, 6.45) is 1.61. The molecule has 0 aliphatic heterocycles. The van der Waals surface area contributed by atoms with Gasteiger partial charge in [-0.25, -0.2) is 4.98 Å². The summed E-state index contributed by atoms with van der Waals surface area (Å²) in [4.78, 5) is 16.3. The van der Waals surface area contributed by atoms with E-state index in [2.05, 4.69) is 10.3 Å². The first-order valence-electron chi connectivity index (χ1n) is 6.86. The Bertz CT molecular complexity index is 624. The maximum absolute atomic E-state index is 12.1. The second-order valence-corrected chi connectivity index (χ2v) is 6.16. The van der Waals surface area contributed by atoms with E-state index in [-0.39, 0.29) is 11.3 Å². The van der Waals surface area contributed by atoms with Gasteiger partial charge in [0.05, 0.1) is 6.04 Å². The van der Waals surface area contributed by atoms with Gasteiger partial charge in [0, 0.05) is 18.2 Å². The zero-order valence-electron chi connectivity index (χ0n) is 12.8. The summed E-state index contributed by atoms with van der Waals surface area (Å²) in [5.41, 5.74) is 8.08. The van der Waals surface area contributed by atoms with E-state index in [9.17, 15) is 4.79 Å². The Morgan fingerprint density at radius 1 is 1.29 bits per heavy atom. The van der Waals surface area contributed by atoms with Gasteiger partial charge < -0.3 is 15.5 Å². The second kappa shape index (κ2) is 5.69. The molecule has 0 unspecified atom stereocenters. The van der Waals surface area contributed by atoms with E-state index >= 15 is 0 Å². The van der Waals surface area contributed by atoms with Crippen LogP contribution in [-0.2, 0) is 4.79 Å². The van der Waals surface area contributed by atoms with Crippen LogP contribution in [0.4, 0.5) is 5.69 Å². The molecule has 0 aliphatic rings. The number of nitrogens with zero attached hydrogens (tertiary/aromatic N) is 1. The number of nitrogens with two attached hydrogens (primary N) is 1. The first-order valence-corrected chi connectivity index (χ1v) is 6.86. The maximum Gasteiger partial charge on any atom is 0.241 e. The number of nitrogens with one attached hydrogen (secondary N) is 1. The third kappa shape index (κ3) is 3.70. The van der Waals surface area contributed by atoms with Crippen molar-refractivity contribution in [2.45, 2.75) is 33.7 Å². The zero-order chi connectivity index (χ0) is 15.6. The average molecular weight is 287 g/mol. The third-order valence-electron chi connectivity index (χ3n) is 3.28. The van der Waals surface area contributed by atoms with Gasteiger partial charge in [0.25, 0.3) is 0 Å². The van der Waals surface area contributed by atoms with Gasteiger partial charge in [-0.1, -0.05) is 32.9 Å². The van der Waals surface area contributed by atoms with Crippen LogP contribution in [0.3, 0.4) is 0 Å². The summed E-state index contributed by atoms with van der Waals surface area (Å²) >= 11 is 0. The summed E-state index contributed by atoms with van der Waals surface area (Å²) in [5.74, 6) is 0.436. The highest BCUT2D eigenvalue weighted by Crippen LogP contribution is 2.22. The predicted molar refractivity (Wildman–Crippen MR) is 82.7 cm³/mol. The summed E-state index contributed by atoms with van der Waals surface area (Å²) in [6, 6.07) is 6.86. The number of amides is 1. The highest BCUT2D eigenvalue weighted by atomic mass is 16.3. The Morgan fingerprint density at radius 2 is 1.90 bits per heavy atom. The van der Waals surface area contributed by atoms with Crippen LogP contribution in [-0.4, -0.2) is 16.9 Å². The van der Waals surface area contributed by atoms with Crippen LogP contribution in [0.15, 0.2) is 34.9 Å². The van der Waals surface area contributed by atoms with Crippen LogP contribution in [0.5, 0.6) is 0 Å². The van der Waals surface area contributed by atoms with Crippen molar-refractivity contribution in [3.8, 4) is 11.3 Å². The number of aromatic nitrogens is 1. The van der Waals surface area contributed by atoms with Crippen molar-refractivity contribution in [3.05, 3.63) is 36.4 Å². The SMILES string of the molecule is Cc1nc(-c2ccc(NC(=O)[C@@H](N)C(C)(C)C)cc2)co1. The number of aryl methyl sites for hydroxylation is 1. The number of rotatable bonds is 3. The van der Waals surface area contributed by atoms with Gasteiger partial charge in [-0.15, -0.1) is 0 Å². The number of carbonyl (C=O) groups is 1. The van der Waals surface area contributed by atoms with Gasteiger partial charge in [0.15, 0.2) is 5.89 Å². The van der Waals surface area contributed by atoms with Gasteiger partial charge >= 0.3 is 0 Å². The maximum atomic E-state index is 12.1. The minimum Gasteiger partial charge on any atom is -0.449 e. The fourth-order valence-corrected chi connectivity index (χ4v) is 1.83. The second-order valence-electron chi connectivity index (χ2n) is 6.16. The smallest absolute Gasteiger partial charge is 0.241 e. The van der Waals surface area contributed by atoms with Crippen molar-refractivity contribution in [1.29, 1.82) is 0 Å². The third-order valence-corrected chi connectivity index (χ3v) is 3.28. The summed E-state index contributed by atoms with van der Waals surface area (Å²) < 4.78 is 5.19. The van der Waals surface area contributed by atoms with E-state index < -0.39 is 6.04 Å². The van der Waals surface area contributed by atoms with Crippen molar-refractivity contribution in [3.63, 3.8) is 0 Å². The molecule has 2 aromatic rings. The fourth-order valence-electron chi connectivity index (χ4n) is 1.83. The Kier molecular flexibility index (Phi) is 4.14. The molecule has 1 atom stereocenters. The quantitative estimate of drug-likeness (QED) is 0.909. The first kappa shape index (κ1) is 15.3. The molecular formula is C16H21N3O2. The van der Waals surface area contributed by atoms with Crippen molar-refractivity contribution >= 4 is 11.6 Å². The highest BCUT2D eigenvalue weighted by Gasteiger charge is 2.27. The van der Waals surface area contributed by atoms with Gasteiger partial charge in [0.2, 0.25) is 5.91 Å². The molecule has 0 spiro atoms. The first-order chi connectivity index (χ1) is 9.77. The molecule has 5 heteroatoms. The molecule has 112 valence electrons. The van der Waals surface area contributed by atoms with Gasteiger partial charge in [-0.3, -0.25) is 4.79 Å². The summed E-state index contributed by atoms with van der Waals surface area (Å²) in [5, 5.41) is 2.82. The van der Waals surface area contributed by atoms with E-state index in [0.717, 1.165) is 11.3 Å². The van der Waals surface area contributed by atoms with Crippen LogP contribution in [0, 0.1) is 12.3 Å². The lowest BCUT2D eigenvalue weighted by Gasteiger charge is -2.25. The number of hydrogen-bond donors (Lipinski definition) is 2. The lowest BCUT2D eigenvalue weighted by atomic mass is 9.87. The Morgan fingerprint density at radius 3 is 2.38 bits per heavy atom. The van der Waals surface area contributed by atoms with Crippen molar-refractivity contribution in [2.24, 2.45) is 11.1 Å². The van der Waals surface area contributed by atoms with Crippen LogP contribution < -0.4 is 11.1 Å². The standard InChI is InChI=1S/C16H21N3O2/c1-10-18-13(9-21-10)11-5-7-12(8-6-11)19-15(20)14(17)16(2,3)4/h5-9,14H,17H2,1-4H3,(H,19,20)/t14-/m1/s1. The monoisotopic (exact) mass is 287 g/mol. The van der Waals surface area contributed by atoms with Crippen LogP contribution >= 0.6 is 0 Å². The molecule has 1 heterocycles. The number of benzene rings is 1. The minimum atomic E-state index is -0.560. The number of hydrogen-bond acceptors (Lipinski definition) is 4. The molecule has 0 radical (unpaired) electrons. The predicted octanol–water partition coefficient (Wildman–Crippen LogP) is 2.96. The molecule has 21 heavy (non-hydrogen) atoms. The highest BCUT2D eigenvalue weighted by molar-refractivity contribution is 5.95. The molecule has 0 aliphatic carbocycles. The van der Waals surface area contributed by atoms with E-state index in [1.807, 2.05) is 45.0 Å². The Labute approximate surface area is 124 Å². The van der Waals surface area contributed by atoms with Crippen molar-refractivity contribution in [2.75, 3.05) is 5.32 Å². The zero-order valence-corrected chi connectivity index (χ0v) is 12.8. The topological polar surface area (TPSA) is 81.2 Å². The molecule has 5 nitrogen and oxygen atoms in total. The van der Waals surface area contributed by atoms with E-state index in [0.29, 0.717) is 11.6 Å². The molecule has 0 bridgehead atoms. The Balaban J connectivity index is 2.08.